The van der Waals surface area contributed by atoms with Gasteiger partial charge in [-0.2, -0.15) is 0 Å². The Balaban J connectivity index is 1.81. The van der Waals surface area contributed by atoms with Crippen LogP contribution in [0.25, 0.3) is 0 Å². The van der Waals surface area contributed by atoms with E-state index in [2.05, 4.69) is 26.1 Å². The monoisotopic (exact) mass is 316 g/mol. The van der Waals surface area contributed by atoms with Gasteiger partial charge in [0.05, 0.1) is 0 Å². The molecule has 126 valence electrons. The number of nitrogen functional groups attached to an aromatic ring is 1. The summed E-state index contributed by atoms with van der Waals surface area (Å²) in [4.78, 5) is 12.1. The van der Waals surface area contributed by atoms with E-state index in [-0.39, 0.29) is 12.2 Å². The first-order valence-electron chi connectivity index (χ1n) is 8.41. The van der Waals surface area contributed by atoms with Gasteiger partial charge in [0.15, 0.2) is 0 Å². The standard InChI is InChI=1S/C19H28N2O2/c1-13(2)17-9-4-14(3)12-18(17)23-19(22)21-11-10-15-5-7-16(20)8-6-15/h5-8,14,18H,4,9-12,20H2,1-3H3,(H,21,22)/t14-,18-/m1/s1. The summed E-state index contributed by atoms with van der Waals surface area (Å²) in [7, 11) is 0. The van der Waals surface area contributed by atoms with E-state index >= 15 is 0 Å². The summed E-state index contributed by atoms with van der Waals surface area (Å²) in [5, 5.41) is 2.85. The van der Waals surface area contributed by atoms with Gasteiger partial charge in [-0.3, -0.25) is 0 Å². The predicted octanol–water partition coefficient (Wildman–Crippen LogP) is 4.06. The number of allylic oxidation sites excluding steroid dienone is 1. The molecule has 2 rings (SSSR count). The first kappa shape index (κ1) is 17.4. The summed E-state index contributed by atoms with van der Waals surface area (Å²) in [5.74, 6) is 0.602. The number of hydrogen-bond acceptors (Lipinski definition) is 3. The highest BCUT2D eigenvalue weighted by molar-refractivity contribution is 5.67. The summed E-state index contributed by atoms with van der Waals surface area (Å²) in [6.07, 6.45) is 3.52. The Labute approximate surface area is 139 Å². The van der Waals surface area contributed by atoms with Crippen molar-refractivity contribution in [2.24, 2.45) is 5.92 Å². The van der Waals surface area contributed by atoms with Crippen LogP contribution in [-0.4, -0.2) is 18.7 Å². The highest BCUT2D eigenvalue weighted by Gasteiger charge is 2.27. The average Bonchev–Trinajstić information content (AvgIpc) is 2.49. The quantitative estimate of drug-likeness (QED) is 0.650. The molecule has 2 atom stereocenters. The second kappa shape index (κ2) is 8.04. The van der Waals surface area contributed by atoms with Gasteiger partial charge in [0.1, 0.15) is 6.10 Å². The number of ether oxygens (including phenoxy) is 1. The zero-order chi connectivity index (χ0) is 16.8. The van der Waals surface area contributed by atoms with Crippen LogP contribution in [0.2, 0.25) is 0 Å². The lowest BCUT2D eigenvalue weighted by Crippen LogP contribution is -2.34. The third kappa shape index (κ3) is 5.31. The molecule has 0 spiro atoms. The molecule has 0 bridgehead atoms. The zero-order valence-electron chi connectivity index (χ0n) is 14.4. The Morgan fingerprint density at radius 3 is 2.65 bits per heavy atom. The molecule has 4 heteroatoms. The molecule has 1 aliphatic carbocycles. The van der Waals surface area contributed by atoms with E-state index in [0.717, 1.165) is 30.5 Å². The van der Waals surface area contributed by atoms with E-state index in [1.165, 1.54) is 17.6 Å². The molecule has 1 aromatic carbocycles. The van der Waals surface area contributed by atoms with Crippen LogP contribution in [0.15, 0.2) is 35.4 Å². The van der Waals surface area contributed by atoms with Crippen LogP contribution in [0.3, 0.4) is 0 Å². The number of anilines is 1. The van der Waals surface area contributed by atoms with Crippen LogP contribution in [0.4, 0.5) is 10.5 Å². The maximum Gasteiger partial charge on any atom is 0.407 e. The Morgan fingerprint density at radius 1 is 1.30 bits per heavy atom. The van der Waals surface area contributed by atoms with E-state index in [0.29, 0.717) is 12.5 Å². The molecule has 1 saturated carbocycles. The molecule has 4 nitrogen and oxygen atoms in total. The molecule has 0 aliphatic heterocycles. The van der Waals surface area contributed by atoms with Gasteiger partial charge in [-0.05, 0) is 68.7 Å². The highest BCUT2D eigenvalue weighted by atomic mass is 16.6. The Hall–Kier alpha value is -1.97. The summed E-state index contributed by atoms with van der Waals surface area (Å²) in [6.45, 7) is 6.98. The minimum Gasteiger partial charge on any atom is -0.442 e. The van der Waals surface area contributed by atoms with Crippen molar-refractivity contribution in [3.8, 4) is 0 Å². The molecule has 1 fully saturated rings. The summed E-state index contributed by atoms with van der Waals surface area (Å²) in [5.41, 5.74) is 10.1. The number of carbonyl (C=O) groups is 1. The number of carbonyl (C=O) groups excluding carboxylic acids is 1. The fourth-order valence-corrected chi connectivity index (χ4v) is 3.04. The molecule has 23 heavy (non-hydrogen) atoms. The fraction of sp³-hybridized carbons (Fsp3) is 0.526. The molecule has 1 aliphatic rings. The molecule has 3 N–H and O–H groups in total. The van der Waals surface area contributed by atoms with Crippen LogP contribution in [0.5, 0.6) is 0 Å². The SMILES string of the molecule is CC(C)=C1CC[C@@H](C)C[C@H]1OC(=O)NCCc1ccc(N)cc1. The lowest BCUT2D eigenvalue weighted by Gasteiger charge is -2.30. The number of nitrogens with one attached hydrogen (secondary N) is 1. The van der Waals surface area contributed by atoms with Crippen LogP contribution in [0.1, 0.15) is 45.6 Å². The van der Waals surface area contributed by atoms with Gasteiger partial charge in [0, 0.05) is 12.2 Å². The second-order valence-corrected chi connectivity index (χ2v) is 6.72. The van der Waals surface area contributed by atoms with Crippen molar-refractivity contribution in [3.05, 3.63) is 41.0 Å². The lowest BCUT2D eigenvalue weighted by molar-refractivity contribution is 0.0903. The number of amides is 1. The minimum absolute atomic E-state index is 0.0692. The van der Waals surface area contributed by atoms with Crippen LogP contribution in [-0.2, 0) is 11.2 Å². The topological polar surface area (TPSA) is 64.3 Å². The number of hydrogen-bond donors (Lipinski definition) is 2. The average molecular weight is 316 g/mol. The van der Waals surface area contributed by atoms with Gasteiger partial charge < -0.3 is 15.8 Å². The number of benzene rings is 1. The maximum absolute atomic E-state index is 12.1. The third-order valence-corrected chi connectivity index (χ3v) is 4.47. The lowest BCUT2D eigenvalue weighted by atomic mass is 9.83. The Bertz CT molecular complexity index is 559. The van der Waals surface area contributed by atoms with E-state index in [1.807, 2.05) is 24.3 Å². The molecule has 0 unspecified atom stereocenters. The van der Waals surface area contributed by atoms with Crippen molar-refractivity contribution in [1.82, 2.24) is 5.32 Å². The number of nitrogens with two attached hydrogens (primary N) is 1. The van der Waals surface area contributed by atoms with Crippen LogP contribution in [0, 0.1) is 5.92 Å². The van der Waals surface area contributed by atoms with E-state index in [9.17, 15) is 4.79 Å². The van der Waals surface area contributed by atoms with Crippen molar-refractivity contribution >= 4 is 11.8 Å². The van der Waals surface area contributed by atoms with Crippen molar-refractivity contribution in [2.45, 2.75) is 52.6 Å². The second-order valence-electron chi connectivity index (χ2n) is 6.72. The Kier molecular flexibility index (Phi) is 6.08. The molecule has 0 heterocycles. The molecule has 0 radical (unpaired) electrons. The minimum atomic E-state index is -0.321. The molecule has 1 amide bonds. The van der Waals surface area contributed by atoms with Crippen LogP contribution < -0.4 is 11.1 Å². The van der Waals surface area contributed by atoms with E-state index in [1.54, 1.807) is 0 Å². The van der Waals surface area contributed by atoms with Gasteiger partial charge in [0.25, 0.3) is 0 Å². The number of rotatable bonds is 4. The van der Waals surface area contributed by atoms with Gasteiger partial charge in [-0.25, -0.2) is 4.79 Å². The molecular weight excluding hydrogens is 288 g/mol. The fourth-order valence-electron chi connectivity index (χ4n) is 3.04. The number of alkyl carbamates (subject to hydrolysis) is 1. The summed E-state index contributed by atoms with van der Waals surface area (Å²) >= 11 is 0. The first-order chi connectivity index (χ1) is 11.0. The highest BCUT2D eigenvalue weighted by Crippen LogP contribution is 2.32. The summed E-state index contributed by atoms with van der Waals surface area (Å²) < 4.78 is 5.66. The largest absolute Gasteiger partial charge is 0.442 e. The van der Waals surface area contributed by atoms with Crippen molar-refractivity contribution in [2.75, 3.05) is 12.3 Å². The summed E-state index contributed by atoms with van der Waals surface area (Å²) in [6, 6.07) is 7.70. The van der Waals surface area contributed by atoms with Crippen LogP contribution >= 0.6 is 0 Å². The molecular formula is C19H28N2O2. The van der Waals surface area contributed by atoms with E-state index < -0.39 is 0 Å². The van der Waals surface area contributed by atoms with E-state index in [4.69, 9.17) is 10.5 Å². The van der Waals surface area contributed by atoms with Crippen molar-refractivity contribution < 1.29 is 9.53 Å². The Morgan fingerprint density at radius 2 is 2.00 bits per heavy atom. The molecule has 1 aromatic rings. The van der Waals surface area contributed by atoms with Gasteiger partial charge in [-0.1, -0.05) is 24.6 Å². The predicted molar refractivity (Wildman–Crippen MR) is 94.2 cm³/mol. The van der Waals surface area contributed by atoms with Crippen molar-refractivity contribution in [3.63, 3.8) is 0 Å². The van der Waals surface area contributed by atoms with Crippen molar-refractivity contribution in [1.29, 1.82) is 0 Å². The first-order valence-corrected chi connectivity index (χ1v) is 8.41. The molecule has 0 saturated heterocycles. The van der Waals surface area contributed by atoms with Gasteiger partial charge in [-0.15, -0.1) is 0 Å². The van der Waals surface area contributed by atoms with Gasteiger partial charge >= 0.3 is 6.09 Å². The zero-order valence-corrected chi connectivity index (χ0v) is 14.4. The maximum atomic E-state index is 12.1. The normalized spacial score (nSPS) is 20.9. The smallest absolute Gasteiger partial charge is 0.407 e. The third-order valence-electron chi connectivity index (χ3n) is 4.47. The van der Waals surface area contributed by atoms with Gasteiger partial charge in [0.2, 0.25) is 0 Å². The molecule has 0 aromatic heterocycles.